The van der Waals surface area contributed by atoms with Gasteiger partial charge in [0.2, 0.25) is 17.7 Å². The van der Waals surface area contributed by atoms with Crippen molar-refractivity contribution in [1.29, 1.82) is 0 Å². The van der Waals surface area contributed by atoms with E-state index in [1.807, 2.05) is 18.2 Å². The summed E-state index contributed by atoms with van der Waals surface area (Å²) in [6, 6.07) is 17.3. The van der Waals surface area contributed by atoms with Gasteiger partial charge in [0, 0.05) is 24.9 Å². The van der Waals surface area contributed by atoms with Gasteiger partial charge in [-0.05, 0) is 35.7 Å². The van der Waals surface area contributed by atoms with Crippen LogP contribution in [0.2, 0.25) is 0 Å². The Morgan fingerprint density at radius 3 is 2.28 bits per heavy atom. The van der Waals surface area contributed by atoms with Crippen molar-refractivity contribution in [2.24, 2.45) is 11.7 Å². The van der Waals surface area contributed by atoms with Crippen LogP contribution in [0.1, 0.15) is 25.3 Å². The number of hydrogen-bond acceptors (Lipinski definition) is 4. The molecule has 0 aromatic heterocycles. The van der Waals surface area contributed by atoms with Crippen LogP contribution in [-0.4, -0.2) is 30.9 Å². The molecule has 7 nitrogen and oxygen atoms in total. The van der Waals surface area contributed by atoms with Crippen molar-refractivity contribution in [2.75, 3.05) is 18.5 Å². The van der Waals surface area contributed by atoms with Crippen molar-refractivity contribution in [3.05, 3.63) is 60.2 Å². The van der Waals surface area contributed by atoms with Gasteiger partial charge in [0.15, 0.2) is 0 Å². The zero-order valence-corrected chi connectivity index (χ0v) is 16.5. The number of primary amides is 1. The Morgan fingerprint density at radius 2 is 1.62 bits per heavy atom. The van der Waals surface area contributed by atoms with E-state index in [0.29, 0.717) is 12.3 Å². The summed E-state index contributed by atoms with van der Waals surface area (Å²) in [5.41, 5.74) is 6.85. The van der Waals surface area contributed by atoms with Gasteiger partial charge in [-0.2, -0.15) is 0 Å². The molecule has 0 aliphatic heterocycles. The second-order valence-electron chi connectivity index (χ2n) is 6.91. The molecular weight excluding hydrogens is 370 g/mol. The van der Waals surface area contributed by atoms with Crippen LogP contribution >= 0.6 is 0 Å². The summed E-state index contributed by atoms with van der Waals surface area (Å²) in [7, 11) is 0. The van der Waals surface area contributed by atoms with Crippen LogP contribution in [0.3, 0.4) is 0 Å². The van der Waals surface area contributed by atoms with Gasteiger partial charge >= 0.3 is 0 Å². The highest BCUT2D eigenvalue weighted by atomic mass is 16.5. The van der Waals surface area contributed by atoms with Gasteiger partial charge in [0.05, 0.1) is 13.2 Å². The average Bonchev–Trinajstić information content (AvgIpc) is 2.68. The summed E-state index contributed by atoms with van der Waals surface area (Å²) >= 11 is 0. The van der Waals surface area contributed by atoms with Gasteiger partial charge in [0.1, 0.15) is 5.75 Å². The van der Waals surface area contributed by atoms with E-state index in [2.05, 4.69) is 22.8 Å². The lowest BCUT2D eigenvalue weighted by atomic mass is 10.0. The minimum absolute atomic E-state index is 0.148. The molecule has 0 saturated heterocycles. The molecule has 154 valence electrons. The van der Waals surface area contributed by atoms with Gasteiger partial charge in [-0.25, -0.2) is 0 Å². The van der Waals surface area contributed by atoms with Crippen LogP contribution < -0.4 is 21.1 Å². The van der Waals surface area contributed by atoms with E-state index in [4.69, 9.17) is 10.5 Å². The molecule has 0 saturated carbocycles. The van der Waals surface area contributed by atoms with Crippen molar-refractivity contribution in [3.8, 4) is 5.75 Å². The van der Waals surface area contributed by atoms with E-state index in [9.17, 15) is 14.4 Å². The maximum absolute atomic E-state index is 12.1. The summed E-state index contributed by atoms with van der Waals surface area (Å²) < 4.78 is 5.73. The van der Waals surface area contributed by atoms with Crippen molar-refractivity contribution in [1.82, 2.24) is 5.32 Å². The van der Waals surface area contributed by atoms with Crippen LogP contribution in [0.25, 0.3) is 0 Å². The standard InChI is InChI=1S/C22H27N3O4/c1-16(13-21(27)24-15-20(23)26)14-22(28)25-18-7-9-19(10-8-18)29-12-11-17-5-3-2-4-6-17/h2-10,16H,11-15H2,1H3,(H2,23,26)(H,24,27)(H,25,28). The lowest BCUT2D eigenvalue weighted by molar-refractivity contribution is -0.125. The minimum Gasteiger partial charge on any atom is -0.493 e. The van der Waals surface area contributed by atoms with Crippen molar-refractivity contribution < 1.29 is 19.1 Å². The highest BCUT2D eigenvalue weighted by Gasteiger charge is 2.14. The molecule has 2 rings (SSSR count). The van der Waals surface area contributed by atoms with E-state index in [0.717, 1.165) is 12.2 Å². The number of benzene rings is 2. The van der Waals surface area contributed by atoms with Crippen LogP contribution in [0.4, 0.5) is 5.69 Å². The molecule has 4 N–H and O–H groups in total. The van der Waals surface area contributed by atoms with Crippen LogP contribution in [0.5, 0.6) is 5.75 Å². The van der Waals surface area contributed by atoms with E-state index in [1.54, 1.807) is 31.2 Å². The van der Waals surface area contributed by atoms with E-state index in [-0.39, 0.29) is 37.1 Å². The fraction of sp³-hybridized carbons (Fsp3) is 0.318. The molecule has 1 atom stereocenters. The topological polar surface area (TPSA) is 111 Å². The number of ether oxygens (including phenoxy) is 1. The largest absolute Gasteiger partial charge is 0.493 e. The summed E-state index contributed by atoms with van der Waals surface area (Å²) in [6.07, 6.45) is 1.17. The Kier molecular flexibility index (Phi) is 8.69. The quantitative estimate of drug-likeness (QED) is 0.540. The zero-order chi connectivity index (χ0) is 21.1. The summed E-state index contributed by atoms with van der Waals surface area (Å²) in [5.74, 6) is -0.517. The SMILES string of the molecule is CC(CC(=O)NCC(N)=O)CC(=O)Nc1ccc(OCCc2ccccc2)cc1. The molecule has 7 heteroatoms. The van der Waals surface area contributed by atoms with Gasteiger partial charge in [-0.3, -0.25) is 14.4 Å². The lowest BCUT2D eigenvalue weighted by Gasteiger charge is -2.12. The molecule has 29 heavy (non-hydrogen) atoms. The Balaban J connectivity index is 1.70. The molecule has 0 heterocycles. The number of anilines is 1. The van der Waals surface area contributed by atoms with Gasteiger partial charge in [-0.1, -0.05) is 37.3 Å². The maximum atomic E-state index is 12.1. The molecule has 2 aromatic rings. The van der Waals surface area contributed by atoms with Crippen LogP contribution in [-0.2, 0) is 20.8 Å². The van der Waals surface area contributed by atoms with Crippen LogP contribution in [0, 0.1) is 5.92 Å². The molecule has 0 radical (unpaired) electrons. The first-order valence-electron chi connectivity index (χ1n) is 9.54. The normalized spacial score (nSPS) is 11.3. The molecule has 0 fully saturated rings. The molecule has 0 spiro atoms. The minimum atomic E-state index is -0.601. The van der Waals surface area contributed by atoms with Crippen molar-refractivity contribution >= 4 is 23.4 Å². The summed E-state index contributed by atoms with van der Waals surface area (Å²) in [4.78, 5) is 34.4. The number of rotatable bonds is 11. The third-order valence-corrected chi connectivity index (χ3v) is 4.17. The van der Waals surface area contributed by atoms with Crippen molar-refractivity contribution in [3.63, 3.8) is 0 Å². The number of carbonyl (C=O) groups excluding carboxylic acids is 3. The van der Waals surface area contributed by atoms with Gasteiger partial charge in [-0.15, -0.1) is 0 Å². The second kappa shape index (κ2) is 11.5. The molecular formula is C22H27N3O4. The highest BCUT2D eigenvalue weighted by molar-refractivity contribution is 5.91. The van der Waals surface area contributed by atoms with E-state index < -0.39 is 5.91 Å². The predicted octanol–water partition coefficient (Wildman–Crippen LogP) is 2.26. The first-order valence-corrected chi connectivity index (χ1v) is 9.54. The van der Waals surface area contributed by atoms with Gasteiger partial charge < -0.3 is 21.1 Å². The third kappa shape index (κ3) is 8.92. The number of nitrogens with two attached hydrogens (primary N) is 1. The monoisotopic (exact) mass is 397 g/mol. The summed E-state index contributed by atoms with van der Waals surface area (Å²) in [5, 5.41) is 5.22. The molecule has 0 aliphatic rings. The van der Waals surface area contributed by atoms with Crippen LogP contribution in [0.15, 0.2) is 54.6 Å². The zero-order valence-electron chi connectivity index (χ0n) is 16.5. The number of hydrogen-bond donors (Lipinski definition) is 3. The highest BCUT2D eigenvalue weighted by Crippen LogP contribution is 2.17. The lowest BCUT2D eigenvalue weighted by Crippen LogP contribution is -2.34. The number of amides is 3. The fourth-order valence-electron chi connectivity index (χ4n) is 2.74. The first-order chi connectivity index (χ1) is 13.9. The molecule has 0 bridgehead atoms. The van der Waals surface area contributed by atoms with E-state index in [1.165, 1.54) is 5.56 Å². The molecule has 0 aliphatic carbocycles. The smallest absolute Gasteiger partial charge is 0.236 e. The predicted molar refractivity (Wildman–Crippen MR) is 111 cm³/mol. The number of nitrogens with one attached hydrogen (secondary N) is 2. The molecule has 3 amide bonds. The Morgan fingerprint density at radius 1 is 0.966 bits per heavy atom. The Labute approximate surface area is 170 Å². The van der Waals surface area contributed by atoms with E-state index >= 15 is 0 Å². The first kappa shape index (κ1) is 21.9. The van der Waals surface area contributed by atoms with Crippen molar-refractivity contribution in [2.45, 2.75) is 26.2 Å². The average molecular weight is 397 g/mol. The Hall–Kier alpha value is -3.35. The summed E-state index contributed by atoms with van der Waals surface area (Å²) in [6.45, 7) is 2.18. The molecule has 2 aromatic carbocycles. The van der Waals surface area contributed by atoms with Gasteiger partial charge in [0.25, 0.3) is 0 Å². The molecule has 1 unspecified atom stereocenters. The number of carbonyl (C=O) groups is 3. The second-order valence-corrected chi connectivity index (χ2v) is 6.91. The Bertz CT molecular complexity index is 807. The fourth-order valence-corrected chi connectivity index (χ4v) is 2.74. The maximum Gasteiger partial charge on any atom is 0.236 e. The third-order valence-electron chi connectivity index (χ3n) is 4.17.